The van der Waals surface area contributed by atoms with Crippen LogP contribution in [-0.2, 0) is 16.1 Å². The van der Waals surface area contributed by atoms with Gasteiger partial charge in [0, 0.05) is 19.1 Å². The highest BCUT2D eigenvalue weighted by atomic mass is 32.1. The number of halogens is 1. The van der Waals surface area contributed by atoms with Gasteiger partial charge in [-0.25, -0.2) is 13.7 Å². The summed E-state index contributed by atoms with van der Waals surface area (Å²) in [5.74, 6) is -1.62. The van der Waals surface area contributed by atoms with Gasteiger partial charge in [0.25, 0.3) is 5.56 Å². The third-order valence-electron chi connectivity index (χ3n) is 4.69. The Bertz CT molecular complexity index is 1320. The molecule has 0 aliphatic carbocycles. The van der Waals surface area contributed by atoms with Gasteiger partial charge in [-0.05, 0) is 23.8 Å². The number of aliphatic carboxylic acids is 1. The van der Waals surface area contributed by atoms with Crippen molar-refractivity contribution in [3.8, 4) is 11.1 Å². The molecule has 30 heavy (non-hydrogen) atoms. The van der Waals surface area contributed by atoms with Crippen LogP contribution in [0.15, 0.2) is 41.3 Å². The first kappa shape index (κ1) is 20.0. The number of ether oxygens (including phenoxy) is 1. The maximum Gasteiger partial charge on any atom is 0.327 e. The van der Waals surface area contributed by atoms with Gasteiger partial charge in [-0.15, -0.1) is 10.2 Å². The van der Waals surface area contributed by atoms with Crippen LogP contribution in [0.5, 0.6) is 0 Å². The van der Waals surface area contributed by atoms with Crippen molar-refractivity contribution < 1.29 is 19.0 Å². The second kappa shape index (κ2) is 7.84. The Hall–Kier alpha value is -3.31. The normalized spacial score (nSPS) is 12.5. The maximum atomic E-state index is 13.4. The van der Waals surface area contributed by atoms with Crippen LogP contribution in [0.2, 0.25) is 0 Å². The average molecular weight is 429 g/mol. The number of thiol groups is 1. The highest BCUT2D eigenvalue weighted by Crippen LogP contribution is 2.29. The molecule has 0 fully saturated rings. The van der Waals surface area contributed by atoms with E-state index in [2.05, 4.69) is 27.9 Å². The first-order valence-electron chi connectivity index (χ1n) is 8.84. The number of methoxy groups -OCH3 is 1. The van der Waals surface area contributed by atoms with Crippen LogP contribution in [-0.4, -0.2) is 48.3 Å². The molecular weight excluding hydrogens is 413 g/mol. The van der Waals surface area contributed by atoms with Crippen LogP contribution in [0.25, 0.3) is 27.8 Å². The molecular formula is C19H16FN5O4S. The fraction of sp³-hybridized carbons (Fsp3) is 0.211. The van der Waals surface area contributed by atoms with E-state index in [4.69, 9.17) is 4.74 Å². The van der Waals surface area contributed by atoms with Crippen LogP contribution in [0.1, 0.15) is 11.7 Å². The van der Waals surface area contributed by atoms with Gasteiger partial charge in [0.1, 0.15) is 17.4 Å². The van der Waals surface area contributed by atoms with Crippen LogP contribution < -0.4 is 5.56 Å². The number of benzene rings is 1. The van der Waals surface area contributed by atoms with Crippen molar-refractivity contribution >= 4 is 35.3 Å². The van der Waals surface area contributed by atoms with Crippen molar-refractivity contribution in [2.75, 3.05) is 12.9 Å². The Morgan fingerprint density at radius 1 is 1.27 bits per heavy atom. The monoisotopic (exact) mass is 429 g/mol. The molecule has 0 radical (unpaired) electrons. The van der Waals surface area contributed by atoms with Crippen molar-refractivity contribution in [1.82, 2.24) is 24.4 Å². The molecule has 0 amide bonds. The zero-order valence-corrected chi connectivity index (χ0v) is 16.6. The molecule has 0 saturated heterocycles. The highest BCUT2D eigenvalue weighted by molar-refractivity contribution is 7.80. The number of carbonyl (C=O) groups is 1. The van der Waals surface area contributed by atoms with Crippen molar-refractivity contribution in [3.05, 3.63) is 58.4 Å². The lowest BCUT2D eigenvalue weighted by Gasteiger charge is -2.13. The lowest BCUT2D eigenvalue weighted by Crippen LogP contribution is -2.31. The third-order valence-corrected chi connectivity index (χ3v) is 5.03. The Labute approximate surface area is 174 Å². The first-order chi connectivity index (χ1) is 14.5. The van der Waals surface area contributed by atoms with Crippen LogP contribution in [0, 0.1) is 5.82 Å². The van der Waals surface area contributed by atoms with Gasteiger partial charge in [0.2, 0.25) is 0 Å². The minimum Gasteiger partial charge on any atom is -0.480 e. The summed E-state index contributed by atoms with van der Waals surface area (Å²) in [6, 6.07) is 6.26. The summed E-state index contributed by atoms with van der Waals surface area (Å²) in [6.07, 6.45) is 1.37. The summed E-state index contributed by atoms with van der Waals surface area (Å²) < 4.78 is 21.1. The van der Waals surface area contributed by atoms with E-state index < -0.39 is 17.6 Å². The second-order valence-electron chi connectivity index (χ2n) is 6.50. The molecule has 0 bridgehead atoms. The SMILES string of the molecule is COCc1nn2c(nnc3c(=O)n([C@@H](CS)C(=O)O)ccc32)c1-c1ccc(F)cc1. The van der Waals surface area contributed by atoms with E-state index in [0.29, 0.717) is 28.0 Å². The lowest BCUT2D eigenvalue weighted by atomic mass is 10.1. The molecule has 11 heteroatoms. The van der Waals surface area contributed by atoms with Crippen molar-refractivity contribution in [2.24, 2.45) is 0 Å². The zero-order chi connectivity index (χ0) is 21.4. The average Bonchev–Trinajstić information content (AvgIpc) is 3.09. The van der Waals surface area contributed by atoms with Crippen molar-refractivity contribution in [2.45, 2.75) is 12.6 Å². The molecule has 1 atom stereocenters. The summed E-state index contributed by atoms with van der Waals surface area (Å²) in [6.45, 7) is 0.162. The number of carboxylic acid groups (broad SMARTS) is 1. The summed E-state index contributed by atoms with van der Waals surface area (Å²) in [7, 11) is 1.52. The lowest BCUT2D eigenvalue weighted by molar-refractivity contribution is -0.140. The van der Waals surface area contributed by atoms with Gasteiger partial charge in [-0.3, -0.25) is 9.36 Å². The molecule has 9 nitrogen and oxygen atoms in total. The van der Waals surface area contributed by atoms with E-state index in [1.165, 1.54) is 30.0 Å². The number of hydrogen-bond acceptors (Lipinski definition) is 7. The molecule has 3 aromatic heterocycles. The Morgan fingerprint density at radius 2 is 2.00 bits per heavy atom. The molecule has 0 unspecified atom stereocenters. The maximum absolute atomic E-state index is 13.4. The minimum atomic E-state index is -1.18. The summed E-state index contributed by atoms with van der Waals surface area (Å²) in [5, 5.41) is 22.1. The van der Waals surface area contributed by atoms with E-state index in [-0.39, 0.29) is 23.7 Å². The van der Waals surface area contributed by atoms with Gasteiger partial charge < -0.3 is 9.84 Å². The number of nitrogens with zero attached hydrogens (tertiary/aromatic N) is 5. The molecule has 3 heterocycles. The van der Waals surface area contributed by atoms with E-state index in [1.807, 2.05) is 0 Å². The number of fused-ring (bicyclic) bond motifs is 3. The minimum absolute atomic E-state index is 0.0323. The Balaban J connectivity index is 2.00. The summed E-state index contributed by atoms with van der Waals surface area (Å²) in [4.78, 5) is 24.3. The standard InChI is InChI=1S/C19H16FN5O4S/c1-29-8-12-15(10-2-4-11(20)5-3-10)17-22-21-16-13(25(17)23-12)6-7-24(18(16)26)14(9-30)19(27)28/h2-7,14,30H,8-9H2,1H3,(H,27,28)/t14-/m0/s1. The molecule has 0 aliphatic heterocycles. The number of aromatic nitrogens is 5. The van der Waals surface area contributed by atoms with E-state index in [0.717, 1.165) is 4.57 Å². The molecule has 1 aromatic carbocycles. The van der Waals surface area contributed by atoms with Crippen LogP contribution >= 0.6 is 12.6 Å². The molecule has 0 spiro atoms. The quantitative estimate of drug-likeness (QED) is 0.451. The molecule has 154 valence electrons. The molecule has 0 saturated carbocycles. The number of hydrogen-bond donors (Lipinski definition) is 2. The van der Waals surface area contributed by atoms with Gasteiger partial charge >= 0.3 is 5.97 Å². The number of rotatable bonds is 6. The summed E-state index contributed by atoms with van der Waals surface area (Å²) >= 11 is 4.02. The predicted octanol–water partition coefficient (Wildman–Crippen LogP) is 1.95. The fourth-order valence-corrected chi connectivity index (χ4v) is 3.62. The number of carboxylic acids is 1. The number of pyridine rings is 1. The van der Waals surface area contributed by atoms with Gasteiger partial charge in [-0.1, -0.05) is 12.1 Å². The van der Waals surface area contributed by atoms with Crippen molar-refractivity contribution in [1.29, 1.82) is 0 Å². The van der Waals surface area contributed by atoms with E-state index in [9.17, 15) is 19.1 Å². The van der Waals surface area contributed by atoms with Gasteiger partial charge in [0.05, 0.1) is 17.9 Å². The first-order valence-corrected chi connectivity index (χ1v) is 9.47. The second-order valence-corrected chi connectivity index (χ2v) is 6.86. The predicted molar refractivity (Wildman–Crippen MR) is 109 cm³/mol. The molecule has 4 aromatic rings. The zero-order valence-electron chi connectivity index (χ0n) is 15.7. The van der Waals surface area contributed by atoms with Gasteiger partial charge in [0.15, 0.2) is 11.2 Å². The Kier molecular flexibility index (Phi) is 5.22. The Morgan fingerprint density at radius 3 is 2.63 bits per heavy atom. The largest absolute Gasteiger partial charge is 0.480 e. The van der Waals surface area contributed by atoms with E-state index in [1.54, 1.807) is 18.2 Å². The van der Waals surface area contributed by atoms with Crippen LogP contribution in [0.4, 0.5) is 4.39 Å². The topological polar surface area (TPSA) is 112 Å². The molecule has 0 aliphatic rings. The van der Waals surface area contributed by atoms with Crippen molar-refractivity contribution in [3.63, 3.8) is 0 Å². The fourth-order valence-electron chi connectivity index (χ4n) is 3.29. The highest BCUT2D eigenvalue weighted by Gasteiger charge is 2.23. The third kappa shape index (κ3) is 3.21. The van der Waals surface area contributed by atoms with E-state index >= 15 is 0 Å². The summed E-state index contributed by atoms with van der Waals surface area (Å²) in [5.41, 5.74) is 1.88. The van der Waals surface area contributed by atoms with Crippen LogP contribution in [0.3, 0.4) is 0 Å². The molecule has 4 rings (SSSR count). The van der Waals surface area contributed by atoms with Gasteiger partial charge in [-0.2, -0.15) is 17.7 Å². The smallest absolute Gasteiger partial charge is 0.327 e. The molecule has 1 N–H and O–H groups in total.